The van der Waals surface area contributed by atoms with E-state index in [-0.39, 0.29) is 22.7 Å². The van der Waals surface area contributed by atoms with Crippen LogP contribution in [0.1, 0.15) is 33.1 Å². The van der Waals surface area contributed by atoms with Crippen LogP contribution in [0.25, 0.3) is 0 Å². The maximum Gasteiger partial charge on any atom is 0.312 e. The fourth-order valence-electron chi connectivity index (χ4n) is 3.72. The normalized spacial score (nSPS) is 20.3. The molecule has 12 heteroatoms. The van der Waals surface area contributed by atoms with Crippen molar-refractivity contribution in [2.45, 2.75) is 55.0 Å². The zero-order chi connectivity index (χ0) is 23.0. The van der Waals surface area contributed by atoms with Gasteiger partial charge in [-0.15, -0.1) is 0 Å². The quantitative estimate of drug-likeness (QED) is 0.488. The van der Waals surface area contributed by atoms with Crippen molar-refractivity contribution in [3.05, 3.63) is 52.6 Å². The number of anilines is 1. The lowest BCUT2D eigenvalue weighted by atomic mass is 10.0. The molecule has 1 saturated heterocycles. The molecule has 0 radical (unpaired) electrons. The Hall–Kier alpha value is -2.70. The van der Waals surface area contributed by atoms with E-state index in [4.69, 9.17) is 0 Å². The van der Waals surface area contributed by atoms with Gasteiger partial charge >= 0.3 is 5.69 Å². The van der Waals surface area contributed by atoms with E-state index in [2.05, 4.69) is 4.72 Å². The Morgan fingerprint density at radius 1 is 1.00 bits per heavy atom. The Bertz CT molecular complexity index is 1190. The summed E-state index contributed by atoms with van der Waals surface area (Å²) in [5, 5.41) is 20.4. The van der Waals surface area contributed by atoms with Crippen molar-refractivity contribution in [1.82, 2.24) is 4.31 Å². The molecule has 10 nitrogen and oxygen atoms in total. The maximum atomic E-state index is 13.1. The fourth-order valence-corrected chi connectivity index (χ4v) is 6.68. The number of nitrogens with zero attached hydrogens (tertiary/aromatic N) is 2. The van der Waals surface area contributed by atoms with Crippen molar-refractivity contribution < 1.29 is 26.9 Å². The summed E-state index contributed by atoms with van der Waals surface area (Å²) in [6, 6.07) is 7.72. The minimum Gasteiger partial charge on any atom is -0.502 e. The number of phenols is 1. The van der Waals surface area contributed by atoms with Crippen LogP contribution in [-0.2, 0) is 20.0 Å². The van der Waals surface area contributed by atoms with Crippen molar-refractivity contribution in [2.24, 2.45) is 0 Å². The number of rotatable bonds is 6. The standard InChI is InChI=1S/C19H23N3O7S2/c1-13-4-3-5-14(2)21(13)31(28,29)16-8-6-15(7-9-16)20-30(26,27)17-10-11-19(23)18(12-17)22(24)25/h6-14,20,23H,3-5H2,1-2H3. The first-order chi connectivity index (χ1) is 14.4. The van der Waals surface area contributed by atoms with E-state index < -0.39 is 41.3 Å². The Morgan fingerprint density at radius 2 is 1.55 bits per heavy atom. The van der Waals surface area contributed by atoms with Crippen LogP contribution >= 0.6 is 0 Å². The number of hydrogen-bond acceptors (Lipinski definition) is 7. The van der Waals surface area contributed by atoms with E-state index in [1.165, 1.54) is 28.6 Å². The van der Waals surface area contributed by atoms with Crippen molar-refractivity contribution >= 4 is 31.4 Å². The Kier molecular flexibility index (Phi) is 6.25. The van der Waals surface area contributed by atoms with Crippen LogP contribution in [0.4, 0.5) is 11.4 Å². The summed E-state index contributed by atoms with van der Waals surface area (Å²) in [6.45, 7) is 3.74. The zero-order valence-corrected chi connectivity index (χ0v) is 18.6. The predicted octanol–water partition coefficient (Wildman–Crippen LogP) is 3.05. The van der Waals surface area contributed by atoms with E-state index in [0.717, 1.165) is 37.5 Å². The summed E-state index contributed by atoms with van der Waals surface area (Å²) >= 11 is 0. The van der Waals surface area contributed by atoms with E-state index in [0.29, 0.717) is 0 Å². The molecule has 2 unspecified atom stereocenters. The van der Waals surface area contributed by atoms with Crippen molar-refractivity contribution in [2.75, 3.05) is 4.72 Å². The minimum absolute atomic E-state index is 0.0521. The van der Waals surface area contributed by atoms with Crippen LogP contribution in [0.15, 0.2) is 52.3 Å². The molecular formula is C19H23N3O7S2. The third-order valence-electron chi connectivity index (χ3n) is 5.25. The van der Waals surface area contributed by atoms with Gasteiger partial charge in [-0.25, -0.2) is 16.8 Å². The lowest BCUT2D eigenvalue weighted by Crippen LogP contribution is -2.47. The van der Waals surface area contributed by atoms with Gasteiger partial charge in [-0.1, -0.05) is 6.42 Å². The van der Waals surface area contributed by atoms with Gasteiger partial charge in [0.1, 0.15) is 0 Å². The van der Waals surface area contributed by atoms with Gasteiger partial charge in [0.25, 0.3) is 10.0 Å². The van der Waals surface area contributed by atoms with Crippen molar-refractivity contribution in [3.63, 3.8) is 0 Å². The van der Waals surface area contributed by atoms with Crippen LogP contribution in [0.2, 0.25) is 0 Å². The Labute approximate surface area is 180 Å². The Morgan fingerprint density at radius 3 is 2.10 bits per heavy atom. The molecule has 2 atom stereocenters. The highest BCUT2D eigenvalue weighted by molar-refractivity contribution is 7.92. The first kappa shape index (κ1) is 23.0. The second-order valence-corrected chi connectivity index (χ2v) is 11.0. The third-order valence-corrected chi connectivity index (χ3v) is 8.77. The molecule has 2 N–H and O–H groups in total. The minimum atomic E-state index is -4.20. The van der Waals surface area contributed by atoms with Crippen LogP contribution < -0.4 is 4.72 Å². The summed E-state index contributed by atoms with van der Waals surface area (Å²) in [4.78, 5) is 9.68. The number of piperidine rings is 1. The molecule has 1 aliphatic rings. The maximum absolute atomic E-state index is 13.1. The smallest absolute Gasteiger partial charge is 0.312 e. The van der Waals surface area contributed by atoms with Crippen molar-refractivity contribution in [3.8, 4) is 5.75 Å². The molecule has 2 aromatic carbocycles. The van der Waals surface area contributed by atoms with Gasteiger partial charge in [-0.3, -0.25) is 14.8 Å². The highest BCUT2D eigenvalue weighted by Crippen LogP contribution is 2.31. The average molecular weight is 470 g/mol. The molecule has 0 amide bonds. The molecule has 0 saturated carbocycles. The monoisotopic (exact) mass is 469 g/mol. The molecule has 168 valence electrons. The molecule has 2 aromatic rings. The van der Waals surface area contributed by atoms with Crippen LogP contribution in [0, 0.1) is 10.1 Å². The second kappa shape index (κ2) is 8.44. The lowest BCUT2D eigenvalue weighted by Gasteiger charge is -2.37. The predicted molar refractivity (Wildman–Crippen MR) is 114 cm³/mol. The molecule has 1 aliphatic heterocycles. The molecule has 1 heterocycles. The van der Waals surface area contributed by atoms with Crippen LogP contribution in [0.3, 0.4) is 0 Å². The largest absolute Gasteiger partial charge is 0.502 e. The van der Waals surface area contributed by atoms with Gasteiger partial charge in [0, 0.05) is 23.8 Å². The SMILES string of the molecule is CC1CCCC(C)N1S(=O)(=O)c1ccc(NS(=O)(=O)c2ccc(O)c([N+](=O)[O-])c2)cc1. The van der Waals surface area contributed by atoms with Gasteiger partial charge in [-0.05, 0) is 63.1 Å². The number of hydrogen-bond donors (Lipinski definition) is 2. The highest BCUT2D eigenvalue weighted by atomic mass is 32.2. The molecule has 1 fully saturated rings. The highest BCUT2D eigenvalue weighted by Gasteiger charge is 2.35. The van der Waals surface area contributed by atoms with Gasteiger partial charge in [-0.2, -0.15) is 4.31 Å². The second-order valence-electron chi connectivity index (χ2n) is 7.50. The lowest BCUT2D eigenvalue weighted by molar-refractivity contribution is -0.386. The van der Waals surface area contributed by atoms with Crippen LogP contribution in [-0.4, -0.2) is 43.3 Å². The van der Waals surface area contributed by atoms with E-state index >= 15 is 0 Å². The summed E-state index contributed by atoms with van der Waals surface area (Å²) < 4.78 is 55.0. The topological polar surface area (TPSA) is 147 Å². The van der Waals surface area contributed by atoms with Gasteiger partial charge in [0.2, 0.25) is 10.0 Å². The molecule has 31 heavy (non-hydrogen) atoms. The van der Waals surface area contributed by atoms with Gasteiger partial charge in [0.05, 0.1) is 14.7 Å². The number of nitrogens with one attached hydrogen (secondary N) is 1. The first-order valence-electron chi connectivity index (χ1n) is 9.57. The van der Waals surface area contributed by atoms with Crippen LogP contribution in [0.5, 0.6) is 5.75 Å². The average Bonchev–Trinajstić information content (AvgIpc) is 2.67. The molecule has 3 rings (SSSR count). The van der Waals surface area contributed by atoms with E-state index in [9.17, 15) is 32.1 Å². The first-order valence-corrected chi connectivity index (χ1v) is 12.5. The summed E-state index contributed by atoms with van der Waals surface area (Å²) in [5.41, 5.74) is -0.650. The third kappa shape index (κ3) is 4.65. The summed E-state index contributed by atoms with van der Waals surface area (Å²) in [7, 11) is -7.94. The fraction of sp³-hybridized carbons (Fsp3) is 0.368. The molecule has 0 aromatic heterocycles. The van der Waals surface area contributed by atoms with Gasteiger partial charge in [0.15, 0.2) is 5.75 Å². The molecule has 0 aliphatic carbocycles. The van der Waals surface area contributed by atoms with Crippen molar-refractivity contribution in [1.29, 1.82) is 0 Å². The number of sulfonamides is 2. The number of aromatic hydroxyl groups is 1. The number of nitro groups is 1. The molecule has 0 bridgehead atoms. The van der Waals surface area contributed by atoms with Gasteiger partial charge < -0.3 is 5.11 Å². The van der Waals surface area contributed by atoms with E-state index in [1.54, 1.807) is 0 Å². The summed E-state index contributed by atoms with van der Waals surface area (Å²) in [6.07, 6.45) is 2.52. The Balaban J connectivity index is 1.85. The number of nitro benzene ring substituents is 1. The summed E-state index contributed by atoms with van der Waals surface area (Å²) in [5.74, 6) is -0.653. The molecular weight excluding hydrogens is 446 g/mol. The van der Waals surface area contributed by atoms with E-state index in [1.807, 2.05) is 13.8 Å². The zero-order valence-electron chi connectivity index (χ0n) is 16.9. The number of benzene rings is 2. The molecule has 0 spiro atoms. The number of phenolic OH excluding ortho intramolecular Hbond substituents is 1.